The van der Waals surface area contributed by atoms with E-state index in [2.05, 4.69) is 6.58 Å². The Bertz CT molecular complexity index is 444. The van der Waals surface area contributed by atoms with Gasteiger partial charge in [-0.25, -0.2) is 0 Å². The smallest absolute Gasteiger partial charge is 0.292 e. The molecule has 5 heteroatoms. The Morgan fingerprint density at radius 3 is 2.67 bits per heavy atom. The summed E-state index contributed by atoms with van der Waals surface area (Å²) >= 11 is 0. The minimum Gasteiger partial charge on any atom is -0.392 e. The highest BCUT2D eigenvalue weighted by Crippen LogP contribution is 2.30. The van der Waals surface area contributed by atoms with Crippen LogP contribution in [-0.4, -0.2) is 22.6 Å². The van der Waals surface area contributed by atoms with E-state index in [1.807, 2.05) is 18.7 Å². The normalized spacial score (nSPS) is 10.4. The highest BCUT2D eigenvalue weighted by atomic mass is 16.6. The van der Waals surface area contributed by atoms with E-state index in [1.165, 1.54) is 6.07 Å². The number of rotatable bonds is 6. The van der Waals surface area contributed by atoms with Gasteiger partial charge in [0.15, 0.2) is 0 Å². The van der Waals surface area contributed by atoms with Gasteiger partial charge < -0.3 is 10.0 Å². The maximum atomic E-state index is 11.1. The van der Waals surface area contributed by atoms with Gasteiger partial charge in [0.05, 0.1) is 11.5 Å². The third-order valence-corrected chi connectivity index (χ3v) is 2.68. The zero-order chi connectivity index (χ0) is 13.7. The van der Waals surface area contributed by atoms with Crippen LogP contribution in [0, 0.1) is 10.1 Å². The molecule has 0 aliphatic rings. The second-order valence-corrected chi connectivity index (χ2v) is 4.27. The monoisotopic (exact) mass is 250 g/mol. The van der Waals surface area contributed by atoms with Crippen LogP contribution in [0.1, 0.15) is 19.4 Å². The van der Waals surface area contributed by atoms with Crippen LogP contribution >= 0.6 is 0 Å². The molecule has 1 N–H and O–H groups in total. The fourth-order valence-corrected chi connectivity index (χ4v) is 1.78. The standard InChI is InChI=1S/C13H18N2O3/c1-4-7-14(10(2)3)12-6-5-11(9-16)8-13(12)15(17)18/h4-6,8,10,16H,1,7,9H2,2-3H3. The fraction of sp³-hybridized carbons (Fsp3) is 0.385. The molecule has 0 aliphatic carbocycles. The van der Waals surface area contributed by atoms with E-state index >= 15 is 0 Å². The first kappa shape index (κ1) is 14.2. The van der Waals surface area contributed by atoms with Crippen molar-refractivity contribution in [1.29, 1.82) is 0 Å². The lowest BCUT2D eigenvalue weighted by Crippen LogP contribution is -2.31. The van der Waals surface area contributed by atoms with E-state index in [0.29, 0.717) is 17.8 Å². The molecule has 0 spiro atoms. The first-order valence-corrected chi connectivity index (χ1v) is 5.77. The number of aliphatic hydroxyl groups is 1. The Kier molecular flexibility index (Phi) is 4.85. The number of nitro groups is 1. The number of nitro benzene ring substituents is 1. The summed E-state index contributed by atoms with van der Waals surface area (Å²) in [4.78, 5) is 12.6. The SMILES string of the molecule is C=CCN(c1ccc(CO)cc1[N+](=O)[O-])C(C)C. The van der Waals surface area contributed by atoms with Crippen molar-refractivity contribution < 1.29 is 10.0 Å². The van der Waals surface area contributed by atoms with Crippen molar-refractivity contribution in [2.45, 2.75) is 26.5 Å². The third-order valence-electron chi connectivity index (χ3n) is 2.68. The van der Waals surface area contributed by atoms with Crippen molar-refractivity contribution >= 4 is 11.4 Å². The van der Waals surface area contributed by atoms with Crippen molar-refractivity contribution in [3.8, 4) is 0 Å². The lowest BCUT2D eigenvalue weighted by atomic mass is 10.1. The third kappa shape index (κ3) is 3.07. The molecule has 0 fully saturated rings. The van der Waals surface area contributed by atoms with Crippen molar-refractivity contribution in [1.82, 2.24) is 0 Å². The molecule has 0 radical (unpaired) electrons. The summed E-state index contributed by atoms with van der Waals surface area (Å²) in [6, 6.07) is 4.91. The molecule has 1 rings (SSSR count). The second-order valence-electron chi connectivity index (χ2n) is 4.27. The van der Waals surface area contributed by atoms with Gasteiger partial charge >= 0.3 is 0 Å². The van der Waals surface area contributed by atoms with Crippen LogP contribution in [0.4, 0.5) is 11.4 Å². The van der Waals surface area contributed by atoms with Gasteiger partial charge in [0.25, 0.3) is 5.69 Å². The van der Waals surface area contributed by atoms with E-state index in [0.717, 1.165) is 0 Å². The van der Waals surface area contributed by atoms with Gasteiger partial charge in [-0.05, 0) is 25.5 Å². The van der Waals surface area contributed by atoms with E-state index in [4.69, 9.17) is 5.11 Å². The summed E-state index contributed by atoms with van der Waals surface area (Å²) in [5.41, 5.74) is 1.09. The minimum atomic E-state index is -0.424. The molecule has 5 nitrogen and oxygen atoms in total. The van der Waals surface area contributed by atoms with E-state index < -0.39 is 4.92 Å². The number of hydrogen-bond acceptors (Lipinski definition) is 4. The van der Waals surface area contributed by atoms with E-state index in [1.54, 1.807) is 18.2 Å². The molecule has 0 saturated carbocycles. The summed E-state index contributed by atoms with van der Waals surface area (Å²) in [7, 11) is 0. The number of anilines is 1. The topological polar surface area (TPSA) is 66.6 Å². The van der Waals surface area contributed by atoms with Crippen molar-refractivity contribution in [3.05, 3.63) is 46.5 Å². The van der Waals surface area contributed by atoms with Crippen LogP contribution < -0.4 is 4.90 Å². The van der Waals surface area contributed by atoms with Gasteiger partial charge in [0.1, 0.15) is 5.69 Å². The maximum absolute atomic E-state index is 11.1. The van der Waals surface area contributed by atoms with Crippen molar-refractivity contribution in [3.63, 3.8) is 0 Å². The molecule has 0 unspecified atom stereocenters. The predicted molar refractivity (Wildman–Crippen MR) is 71.7 cm³/mol. The van der Waals surface area contributed by atoms with Gasteiger partial charge in [-0.1, -0.05) is 12.1 Å². The largest absolute Gasteiger partial charge is 0.392 e. The Morgan fingerprint density at radius 2 is 2.22 bits per heavy atom. The van der Waals surface area contributed by atoms with Gasteiger partial charge in [-0.2, -0.15) is 0 Å². The second kappa shape index (κ2) is 6.16. The highest BCUT2D eigenvalue weighted by Gasteiger charge is 2.21. The average Bonchev–Trinajstić information content (AvgIpc) is 2.34. The first-order valence-electron chi connectivity index (χ1n) is 5.77. The van der Waals surface area contributed by atoms with Crippen LogP contribution in [-0.2, 0) is 6.61 Å². The zero-order valence-corrected chi connectivity index (χ0v) is 10.7. The molecule has 0 bridgehead atoms. The molecule has 0 heterocycles. The number of benzene rings is 1. The molecule has 98 valence electrons. The van der Waals surface area contributed by atoms with Crippen LogP contribution in [0.2, 0.25) is 0 Å². The van der Waals surface area contributed by atoms with Crippen molar-refractivity contribution in [2.24, 2.45) is 0 Å². The zero-order valence-electron chi connectivity index (χ0n) is 10.7. The van der Waals surface area contributed by atoms with Gasteiger partial charge in [0, 0.05) is 18.7 Å². The van der Waals surface area contributed by atoms with Crippen LogP contribution in [0.3, 0.4) is 0 Å². The molecule has 1 aromatic carbocycles. The first-order chi connectivity index (χ1) is 8.51. The molecule has 0 saturated heterocycles. The molecule has 0 atom stereocenters. The van der Waals surface area contributed by atoms with E-state index in [-0.39, 0.29) is 18.3 Å². The molecule has 0 aromatic heterocycles. The lowest BCUT2D eigenvalue weighted by molar-refractivity contribution is -0.384. The summed E-state index contributed by atoms with van der Waals surface area (Å²) in [5, 5.41) is 20.1. The summed E-state index contributed by atoms with van der Waals surface area (Å²) < 4.78 is 0. The summed E-state index contributed by atoms with van der Waals surface area (Å²) in [6.45, 7) is 7.93. The Hall–Kier alpha value is -1.88. The maximum Gasteiger partial charge on any atom is 0.292 e. The van der Waals surface area contributed by atoms with Crippen LogP contribution in [0.15, 0.2) is 30.9 Å². The number of hydrogen-bond donors (Lipinski definition) is 1. The Balaban J connectivity index is 3.28. The van der Waals surface area contributed by atoms with Gasteiger partial charge in [0.2, 0.25) is 0 Å². The fourth-order valence-electron chi connectivity index (χ4n) is 1.78. The molecular formula is C13H18N2O3. The minimum absolute atomic E-state index is 0.0112. The molecule has 1 aromatic rings. The highest BCUT2D eigenvalue weighted by molar-refractivity contribution is 5.65. The Labute approximate surface area is 107 Å². The summed E-state index contributed by atoms with van der Waals surface area (Å²) in [6.07, 6.45) is 1.71. The molecule has 0 amide bonds. The quantitative estimate of drug-likeness (QED) is 0.478. The van der Waals surface area contributed by atoms with Crippen LogP contribution in [0.5, 0.6) is 0 Å². The number of nitrogens with zero attached hydrogens (tertiary/aromatic N) is 2. The summed E-state index contributed by atoms with van der Waals surface area (Å²) in [5.74, 6) is 0. The van der Waals surface area contributed by atoms with Gasteiger partial charge in [-0.3, -0.25) is 10.1 Å². The van der Waals surface area contributed by atoms with E-state index in [9.17, 15) is 10.1 Å². The van der Waals surface area contributed by atoms with Gasteiger partial charge in [-0.15, -0.1) is 6.58 Å². The average molecular weight is 250 g/mol. The molecule has 0 aliphatic heterocycles. The van der Waals surface area contributed by atoms with Crippen molar-refractivity contribution in [2.75, 3.05) is 11.4 Å². The molecule has 18 heavy (non-hydrogen) atoms. The molecular weight excluding hydrogens is 232 g/mol. The lowest BCUT2D eigenvalue weighted by Gasteiger charge is -2.27. The van der Waals surface area contributed by atoms with Crippen LogP contribution in [0.25, 0.3) is 0 Å². The Morgan fingerprint density at radius 1 is 1.56 bits per heavy atom. The number of aliphatic hydroxyl groups excluding tert-OH is 1. The predicted octanol–water partition coefficient (Wildman–Crippen LogP) is 2.49.